The zero-order valence-electron chi connectivity index (χ0n) is 12.2. The standard InChI is InChI=1S/C15H17N3O3/c1-8-6-10(3)18-15(21)12(8)7-16-13(19)11-5-4-9(2)17-14(11)20/h4-6H,7H2,1-3H3,(H,16,19)(H,17,20)(H,18,21). The Bertz CT molecular complexity index is 803. The molecule has 2 heterocycles. The molecular weight excluding hydrogens is 270 g/mol. The minimum Gasteiger partial charge on any atom is -0.348 e. The molecule has 6 heteroatoms. The van der Waals surface area contributed by atoms with Gasteiger partial charge < -0.3 is 15.3 Å². The molecular formula is C15H17N3O3. The summed E-state index contributed by atoms with van der Waals surface area (Å²) in [6.45, 7) is 5.41. The summed E-state index contributed by atoms with van der Waals surface area (Å²) in [5, 5.41) is 2.60. The Balaban J connectivity index is 2.19. The highest BCUT2D eigenvalue weighted by atomic mass is 16.2. The van der Waals surface area contributed by atoms with Crippen molar-refractivity contribution in [3.63, 3.8) is 0 Å². The molecule has 0 atom stereocenters. The van der Waals surface area contributed by atoms with E-state index in [0.29, 0.717) is 11.3 Å². The van der Waals surface area contributed by atoms with E-state index in [4.69, 9.17) is 0 Å². The van der Waals surface area contributed by atoms with Crippen molar-refractivity contribution in [1.29, 1.82) is 0 Å². The molecule has 0 bridgehead atoms. The number of aromatic nitrogens is 2. The van der Waals surface area contributed by atoms with Gasteiger partial charge in [0.15, 0.2) is 0 Å². The van der Waals surface area contributed by atoms with Crippen molar-refractivity contribution >= 4 is 5.91 Å². The van der Waals surface area contributed by atoms with E-state index >= 15 is 0 Å². The molecule has 2 rings (SSSR count). The predicted octanol–water partition coefficient (Wildman–Crippen LogP) is 0.918. The molecule has 3 N–H and O–H groups in total. The second-order valence-corrected chi connectivity index (χ2v) is 5.01. The molecule has 0 aliphatic heterocycles. The average Bonchev–Trinajstić information content (AvgIpc) is 2.36. The zero-order valence-corrected chi connectivity index (χ0v) is 12.2. The Hall–Kier alpha value is -2.63. The zero-order chi connectivity index (χ0) is 15.6. The van der Waals surface area contributed by atoms with E-state index in [1.165, 1.54) is 6.07 Å². The molecule has 2 aromatic heterocycles. The average molecular weight is 287 g/mol. The number of amides is 1. The van der Waals surface area contributed by atoms with E-state index in [9.17, 15) is 14.4 Å². The number of aromatic amines is 2. The summed E-state index contributed by atoms with van der Waals surface area (Å²) in [6.07, 6.45) is 0. The van der Waals surface area contributed by atoms with Crippen LogP contribution in [0.25, 0.3) is 0 Å². The van der Waals surface area contributed by atoms with Crippen molar-refractivity contribution in [1.82, 2.24) is 15.3 Å². The van der Waals surface area contributed by atoms with Gasteiger partial charge >= 0.3 is 0 Å². The third-order valence-corrected chi connectivity index (χ3v) is 3.22. The van der Waals surface area contributed by atoms with E-state index < -0.39 is 11.5 Å². The molecule has 0 aromatic carbocycles. The van der Waals surface area contributed by atoms with Crippen LogP contribution in [0.4, 0.5) is 0 Å². The fourth-order valence-electron chi connectivity index (χ4n) is 2.12. The molecule has 0 aliphatic rings. The van der Waals surface area contributed by atoms with Crippen LogP contribution in [0.3, 0.4) is 0 Å². The molecule has 2 aromatic rings. The molecule has 21 heavy (non-hydrogen) atoms. The van der Waals surface area contributed by atoms with Crippen molar-refractivity contribution in [3.05, 3.63) is 67.0 Å². The van der Waals surface area contributed by atoms with Crippen LogP contribution in [0, 0.1) is 20.8 Å². The lowest BCUT2D eigenvalue weighted by atomic mass is 10.1. The Morgan fingerprint density at radius 2 is 1.71 bits per heavy atom. The Labute approximate surface area is 121 Å². The highest BCUT2D eigenvalue weighted by molar-refractivity contribution is 5.93. The van der Waals surface area contributed by atoms with Gasteiger partial charge in [-0.25, -0.2) is 0 Å². The number of H-pyrrole nitrogens is 2. The molecule has 0 radical (unpaired) electrons. The molecule has 0 aliphatic carbocycles. The first-order valence-corrected chi connectivity index (χ1v) is 6.56. The lowest BCUT2D eigenvalue weighted by Crippen LogP contribution is -2.31. The summed E-state index contributed by atoms with van der Waals surface area (Å²) in [4.78, 5) is 40.8. The van der Waals surface area contributed by atoms with E-state index in [-0.39, 0.29) is 17.7 Å². The van der Waals surface area contributed by atoms with Crippen molar-refractivity contribution < 1.29 is 4.79 Å². The van der Waals surface area contributed by atoms with Crippen LogP contribution in [0.1, 0.15) is 32.9 Å². The Morgan fingerprint density at radius 1 is 1.05 bits per heavy atom. The molecule has 0 saturated carbocycles. The normalized spacial score (nSPS) is 10.4. The summed E-state index contributed by atoms with van der Waals surface area (Å²) in [5.41, 5.74) is 2.09. The molecule has 0 saturated heterocycles. The maximum atomic E-state index is 12.0. The molecule has 0 spiro atoms. The number of carbonyl (C=O) groups excluding carboxylic acids is 1. The van der Waals surface area contributed by atoms with Gasteiger partial charge in [0, 0.05) is 23.5 Å². The number of pyridine rings is 2. The molecule has 1 amide bonds. The van der Waals surface area contributed by atoms with Crippen LogP contribution in [0.5, 0.6) is 0 Å². The van der Waals surface area contributed by atoms with Crippen LogP contribution >= 0.6 is 0 Å². The van der Waals surface area contributed by atoms with E-state index in [2.05, 4.69) is 15.3 Å². The number of hydrogen-bond donors (Lipinski definition) is 3. The maximum absolute atomic E-state index is 12.0. The van der Waals surface area contributed by atoms with Crippen LogP contribution in [-0.4, -0.2) is 15.9 Å². The van der Waals surface area contributed by atoms with Crippen LogP contribution in [0.2, 0.25) is 0 Å². The van der Waals surface area contributed by atoms with Crippen molar-refractivity contribution in [3.8, 4) is 0 Å². The van der Waals surface area contributed by atoms with Crippen molar-refractivity contribution in [2.75, 3.05) is 0 Å². The van der Waals surface area contributed by atoms with Gasteiger partial charge in [-0.3, -0.25) is 14.4 Å². The van der Waals surface area contributed by atoms with Gasteiger partial charge in [-0.2, -0.15) is 0 Å². The lowest BCUT2D eigenvalue weighted by molar-refractivity contribution is 0.0949. The second-order valence-electron chi connectivity index (χ2n) is 5.01. The SMILES string of the molecule is Cc1ccc(C(=O)NCc2c(C)cc(C)[nH]c2=O)c(=O)[nH]1. The third-order valence-electron chi connectivity index (χ3n) is 3.22. The lowest BCUT2D eigenvalue weighted by Gasteiger charge is -2.08. The summed E-state index contributed by atoms with van der Waals surface area (Å²) in [5.74, 6) is -0.504. The number of hydrogen-bond acceptors (Lipinski definition) is 3. The second kappa shape index (κ2) is 5.78. The minimum atomic E-state index is -0.504. The predicted molar refractivity (Wildman–Crippen MR) is 79.5 cm³/mol. The summed E-state index contributed by atoms with van der Waals surface area (Å²) >= 11 is 0. The van der Waals surface area contributed by atoms with Gasteiger partial charge in [0.25, 0.3) is 17.0 Å². The summed E-state index contributed by atoms with van der Waals surface area (Å²) < 4.78 is 0. The van der Waals surface area contributed by atoms with Crippen LogP contribution in [0.15, 0.2) is 27.8 Å². The van der Waals surface area contributed by atoms with Crippen LogP contribution in [-0.2, 0) is 6.54 Å². The van der Waals surface area contributed by atoms with Gasteiger partial charge in [0.2, 0.25) is 0 Å². The quantitative estimate of drug-likeness (QED) is 0.783. The smallest absolute Gasteiger partial charge is 0.260 e. The topological polar surface area (TPSA) is 94.8 Å². The first-order valence-electron chi connectivity index (χ1n) is 6.56. The summed E-state index contributed by atoms with van der Waals surface area (Å²) in [6, 6.07) is 4.96. The van der Waals surface area contributed by atoms with Crippen LogP contribution < -0.4 is 16.4 Å². The highest BCUT2D eigenvalue weighted by Gasteiger charge is 2.12. The molecule has 0 unspecified atom stereocenters. The van der Waals surface area contributed by atoms with Gasteiger partial charge in [0.1, 0.15) is 5.56 Å². The fourth-order valence-corrected chi connectivity index (χ4v) is 2.12. The Kier molecular flexibility index (Phi) is 4.07. The van der Waals surface area contributed by atoms with E-state index in [0.717, 1.165) is 11.3 Å². The number of carbonyl (C=O) groups is 1. The summed E-state index contributed by atoms with van der Waals surface area (Å²) in [7, 11) is 0. The first kappa shape index (κ1) is 14.8. The maximum Gasteiger partial charge on any atom is 0.260 e. The monoisotopic (exact) mass is 287 g/mol. The van der Waals surface area contributed by atoms with Gasteiger partial charge in [-0.1, -0.05) is 0 Å². The Morgan fingerprint density at radius 3 is 2.33 bits per heavy atom. The molecule has 110 valence electrons. The number of rotatable bonds is 3. The van der Waals surface area contributed by atoms with E-state index in [1.54, 1.807) is 19.9 Å². The van der Waals surface area contributed by atoms with Gasteiger partial charge in [0.05, 0.1) is 0 Å². The number of aryl methyl sites for hydroxylation is 3. The van der Waals surface area contributed by atoms with Crippen molar-refractivity contribution in [2.45, 2.75) is 27.3 Å². The largest absolute Gasteiger partial charge is 0.348 e. The first-order chi connectivity index (χ1) is 9.88. The molecule has 0 fully saturated rings. The highest BCUT2D eigenvalue weighted by Crippen LogP contribution is 2.03. The van der Waals surface area contributed by atoms with Gasteiger partial charge in [-0.15, -0.1) is 0 Å². The number of nitrogens with one attached hydrogen (secondary N) is 3. The van der Waals surface area contributed by atoms with Crippen molar-refractivity contribution in [2.24, 2.45) is 0 Å². The van der Waals surface area contributed by atoms with Gasteiger partial charge in [-0.05, 0) is 44.5 Å². The minimum absolute atomic E-state index is 0.0294. The third kappa shape index (κ3) is 3.28. The molecule has 6 nitrogen and oxygen atoms in total. The fraction of sp³-hybridized carbons (Fsp3) is 0.267. The van der Waals surface area contributed by atoms with E-state index in [1.807, 2.05) is 13.0 Å².